The van der Waals surface area contributed by atoms with Crippen LogP contribution in [0.1, 0.15) is 32.1 Å². The summed E-state index contributed by atoms with van der Waals surface area (Å²) in [6.45, 7) is 0. The van der Waals surface area contributed by atoms with Gasteiger partial charge in [0, 0.05) is 17.9 Å². The summed E-state index contributed by atoms with van der Waals surface area (Å²) in [6, 6.07) is 6.86. The van der Waals surface area contributed by atoms with E-state index in [1.165, 1.54) is 18.9 Å². The normalized spacial score (nSPS) is 30.2. The van der Waals surface area contributed by atoms with Gasteiger partial charge in [0.1, 0.15) is 6.10 Å². The molecule has 0 radical (unpaired) electrons. The molecule has 2 N–H and O–H groups in total. The Labute approximate surface area is 101 Å². The zero-order valence-electron chi connectivity index (χ0n) is 9.86. The zero-order valence-corrected chi connectivity index (χ0v) is 9.86. The Bertz CT molecular complexity index is 414. The molecule has 2 atom stereocenters. The Morgan fingerprint density at radius 2 is 1.94 bits per heavy atom. The van der Waals surface area contributed by atoms with Crippen LogP contribution < -0.4 is 10.5 Å². The van der Waals surface area contributed by atoms with Crippen molar-refractivity contribution >= 4 is 0 Å². The fraction of sp³-hybridized carbons (Fsp3) is 0.571. The van der Waals surface area contributed by atoms with Gasteiger partial charge in [0.2, 0.25) is 0 Å². The topological polar surface area (TPSA) is 35.2 Å². The quantitative estimate of drug-likeness (QED) is 0.855. The first-order chi connectivity index (χ1) is 8.22. The maximum absolute atomic E-state index is 13.5. The molecule has 0 saturated heterocycles. The highest BCUT2D eigenvalue weighted by molar-refractivity contribution is 5.25. The first-order valence-electron chi connectivity index (χ1n) is 6.39. The van der Waals surface area contributed by atoms with Crippen molar-refractivity contribution in [3.63, 3.8) is 0 Å². The largest absolute Gasteiger partial charge is 0.487 e. The molecule has 2 nitrogen and oxygen atoms in total. The summed E-state index contributed by atoms with van der Waals surface area (Å²) in [4.78, 5) is 0. The van der Waals surface area contributed by atoms with Gasteiger partial charge in [0.25, 0.3) is 0 Å². The molecule has 3 heteroatoms. The van der Waals surface area contributed by atoms with Crippen molar-refractivity contribution in [1.29, 1.82) is 0 Å². The third kappa shape index (κ3) is 1.64. The summed E-state index contributed by atoms with van der Waals surface area (Å²) in [5, 5.41) is 0. The van der Waals surface area contributed by atoms with Crippen LogP contribution >= 0.6 is 0 Å². The van der Waals surface area contributed by atoms with Crippen molar-refractivity contribution in [3.05, 3.63) is 30.1 Å². The van der Waals surface area contributed by atoms with Crippen LogP contribution in [-0.4, -0.2) is 12.1 Å². The Morgan fingerprint density at radius 1 is 1.24 bits per heavy atom. The lowest BCUT2D eigenvalue weighted by atomic mass is 9.61. The molecule has 2 aliphatic carbocycles. The Kier molecular flexibility index (Phi) is 2.58. The molecule has 17 heavy (non-hydrogen) atoms. The molecule has 0 aromatic heterocycles. The number of benzene rings is 1. The van der Waals surface area contributed by atoms with Crippen LogP contribution in [0.2, 0.25) is 0 Å². The maximum atomic E-state index is 13.5. The van der Waals surface area contributed by atoms with E-state index < -0.39 is 0 Å². The van der Waals surface area contributed by atoms with Crippen LogP contribution in [0.5, 0.6) is 5.75 Å². The molecule has 0 bridgehead atoms. The van der Waals surface area contributed by atoms with Gasteiger partial charge in [-0.3, -0.25) is 0 Å². The first kappa shape index (κ1) is 11.0. The second kappa shape index (κ2) is 3.98. The molecule has 0 heterocycles. The van der Waals surface area contributed by atoms with Crippen molar-refractivity contribution in [3.8, 4) is 5.75 Å². The summed E-state index contributed by atoms with van der Waals surface area (Å²) < 4.78 is 19.4. The Morgan fingerprint density at radius 3 is 2.59 bits per heavy atom. The van der Waals surface area contributed by atoms with Gasteiger partial charge in [-0.2, -0.15) is 0 Å². The van der Waals surface area contributed by atoms with E-state index >= 15 is 0 Å². The van der Waals surface area contributed by atoms with Crippen LogP contribution in [-0.2, 0) is 0 Å². The van der Waals surface area contributed by atoms with E-state index in [0.29, 0.717) is 5.75 Å². The van der Waals surface area contributed by atoms with Crippen LogP contribution in [0.15, 0.2) is 24.3 Å². The standard InChI is InChI=1S/C14H18FNO/c15-10-5-1-2-6-11(10)17-13-9-12(16)14(13)7-3-4-8-14/h1-2,5-6,12-13H,3-4,7-9,16H2. The number of nitrogens with two attached hydrogens (primary N) is 1. The van der Waals surface area contributed by atoms with Gasteiger partial charge in [0.05, 0.1) is 0 Å². The number of halogens is 1. The monoisotopic (exact) mass is 235 g/mol. The minimum atomic E-state index is -0.277. The average Bonchev–Trinajstić information content (AvgIpc) is 2.83. The average molecular weight is 235 g/mol. The fourth-order valence-corrected chi connectivity index (χ4v) is 3.36. The SMILES string of the molecule is NC1CC(Oc2ccccc2F)C12CCCC2. The van der Waals surface area contributed by atoms with E-state index in [9.17, 15) is 4.39 Å². The Balaban J connectivity index is 1.77. The first-order valence-corrected chi connectivity index (χ1v) is 6.39. The maximum Gasteiger partial charge on any atom is 0.165 e. The van der Waals surface area contributed by atoms with E-state index in [2.05, 4.69) is 0 Å². The van der Waals surface area contributed by atoms with Gasteiger partial charge < -0.3 is 10.5 Å². The lowest BCUT2D eigenvalue weighted by Crippen LogP contribution is -2.62. The van der Waals surface area contributed by atoms with E-state index in [4.69, 9.17) is 10.5 Å². The predicted octanol–water partition coefficient (Wildman–Crippen LogP) is 2.86. The summed E-state index contributed by atoms with van der Waals surface area (Å²) in [5.41, 5.74) is 6.25. The molecule has 0 aliphatic heterocycles. The molecular weight excluding hydrogens is 217 g/mol. The summed E-state index contributed by atoms with van der Waals surface area (Å²) >= 11 is 0. The van der Waals surface area contributed by atoms with Gasteiger partial charge in [-0.1, -0.05) is 25.0 Å². The van der Waals surface area contributed by atoms with Crippen LogP contribution in [0.4, 0.5) is 4.39 Å². The highest BCUT2D eigenvalue weighted by Crippen LogP contribution is 2.53. The molecule has 2 saturated carbocycles. The predicted molar refractivity (Wildman–Crippen MR) is 64.3 cm³/mol. The van der Waals surface area contributed by atoms with E-state index in [-0.39, 0.29) is 23.4 Å². The third-order valence-electron chi connectivity index (χ3n) is 4.49. The van der Waals surface area contributed by atoms with Crippen molar-refractivity contribution in [2.75, 3.05) is 0 Å². The third-order valence-corrected chi connectivity index (χ3v) is 4.49. The van der Waals surface area contributed by atoms with Crippen LogP contribution in [0, 0.1) is 11.2 Å². The second-order valence-electron chi connectivity index (χ2n) is 5.32. The van der Waals surface area contributed by atoms with E-state index in [0.717, 1.165) is 19.3 Å². The number of rotatable bonds is 2. The summed E-state index contributed by atoms with van der Waals surface area (Å²) in [6.07, 6.45) is 5.68. The minimum absolute atomic E-state index is 0.108. The number of ether oxygens (including phenoxy) is 1. The molecule has 2 fully saturated rings. The highest BCUT2D eigenvalue weighted by atomic mass is 19.1. The summed E-state index contributed by atoms with van der Waals surface area (Å²) in [5.74, 6) is 0.0943. The molecule has 92 valence electrons. The molecule has 2 unspecified atom stereocenters. The molecule has 1 aromatic carbocycles. The molecule has 2 aliphatic rings. The van der Waals surface area contributed by atoms with Crippen molar-refractivity contribution in [2.24, 2.45) is 11.1 Å². The number of para-hydroxylation sites is 1. The lowest BCUT2D eigenvalue weighted by Gasteiger charge is -2.52. The van der Waals surface area contributed by atoms with Gasteiger partial charge in [0.15, 0.2) is 11.6 Å². The summed E-state index contributed by atoms with van der Waals surface area (Å²) in [7, 11) is 0. The lowest BCUT2D eigenvalue weighted by molar-refractivity contribution is -0.0636. The fourth-order valence-electron chi connectivity index (χ4n) is 3.36. The number of hydrogen-bond donors (Lipinski definition) is 1. The van der Waals surface area contributed by atoms with Crippen molar-refractivity contribution < 1.29 is 9.13 Å². The van der Waals surface area contributed by atoms with Gasteiger partial charge in [-0.05, 0) is 25.0 Å². The van der Waals surface area contributed by atoms with E-state index in [1.54, 1.807) is 18.2 Å². The van der Waals surface area contributed by atoms with E-state index in [1.807, 2.05) is 0 Å². The molecule has 0 amide bonds. The van der Waals surface area contributed by atoms with Crippen LogP contribution in [0.3, 0.4) is 0 Å². The zero-order chi connectivity index (χ0) is 11.9. The minimum Gasteiger partial charge on any atom is -0.487 e. The van der Waals surface area contributed by atoms with Crippen LogP contribution in [0.25, 0.3) is 0 Å². The molecular formula is C14H18FNO. The second-order valence-corrected chi connectivity index (χ2v) is 5.32. The highest BCUT2D eigenvalue weighted by Gasteiger charge is 2.56. The van der Waals surface area contributed by atoms with Crippen molar-refractivity contribution in [1.82, 2.24) is 0 Å². The number of hydrogen-bond acceptors (Lipinski definition) is 2. The Hall–Kier alpha value is -1.09. The smallest absolute Gasteiger partial charge is 0.165 e. The van der Waals surface area contributed by atoms with Crippen molar-refractivity contribution in [2.45, 2.75) is 44.2 Å². The van der Waals surface area contributed by atoms with Gasteiger partial charge in [-0.15, -0.1) is 0 Å². The molecule has 3 rings (SSSR count). The molecule has 1 spiro atoms. The van der Waals surface area contributed by atoms with Gasteiger partial charge >= 0.3 is 0 Å². The molecule has 1 aromatic rings. The van der Waals surface area contributed by atoms with Gasteiger partial charge in [-0.25, -0.2) is 4.39 Å².